The van der Waals surface area contributed by atoms with E-state index in [4.69, 9.17) is 10.8 Å². The Hall–Kier alpha value is -2.06. The molecule has 0 unspecified atom stereocenters. The number of alkyl halides is 3. The molecule has 0 bridgehead atoms. The predicted molar refractivity (Wildman–Crippen MR) is 49.3 cm³/mol. The number of ether oxygens (including phenoxy) is 1. The number of nitrogens with two attached hydrogens (primary N) is 1. The minimum Gasteiger partial charge on any atom is -0.481 e. The maximum absolute atomic E-state index is 11.8. The number of aromatic nitrogens is 2. The molecule has 0 aliphatic carbocycles. The summed E-state index contributed by atoms with van der Waals surface area (Å²) in [6, 6.07) is 0. The monoisotopic (exact) mass is 251 g/mol. The number of nitrogen functional groups attached to an aromatic ring is 1. The van der Waals surface area contributed by atoms with Crippen LogP contribution in [0.4, 0.5) is 19.0 Å². The molecule has 0 aliphatic heterocycles. The summed E-state index contributed by atoms with van der Waals surface area (Å²) >= 11 is 0. The first-order valence-corrected chi connectivity index (χ1v) is 4.30. The summed E-state index contributed by atoms with van der Waals surface area (Å²) in [5.74, 6) is -1.81. The average molecular weight is 251 g/mol. The van der Waals surface area contributed by atoms with Gasteiger partial charge < -0.3 is 15.6 Å². The Kier molecular flexibility index (Phi) is 3.71. The smallest absolute Gasteiger partial charge is 0.422 e. The fraction of sp³-hybridized carbons (Fsp3) is 0.375. The Morgan fingerprint density at radius 1 is 1.53 bits per heavy atom. The number of carboxylic acid groups (broad SMARTS) is 1. The summed E-state index contributed by atoms with van der Waals surface area (Å²) in [4.78, 5) is 17.4. The number of rotatable bonds is 4. The minimum absolute atomic E-state index is 0.142. The number of anilines is 1. The summed E-state index contributed by atoms with van der Waals surface area (Å²) in [6.07, 6.45) is -4.15. The third kappa shape index (κ3) is 4.53. The van der Waals surface area contributed by atoms with Crippen molar-refractivity contribution in [2.24, 2.45) is 0 Å². The van der Waals surface area contributed by atoms with Crippen LogP contribution in [0.3, 0.4) is 0 Å². The van der Waals surface area contributed by atoms with Crippen molar-refractivity contribution in [3.63, 3.8) is 0 Å². The summed E-state index contributed by atoms with van der Waals surface area (Å²) in [5, 5.41) is 8.50. The number of carboxylic acids is 1. The second kappa shape index (κ2) is 4.85. The predicted octanol–water partition coefficient (Wildman–Crippen LogP) is 0.627. The molecule has 0 aliphatic rings. The van der Waals surface area contributed by atoms with E-state index in [1.165, 1.54) is 0 Å². The van der Waals surface area contributed by atoms with Crippen LogP contribution in [-0.4, -0.2) is 33.8 Å². The third-order valence-electron chi connectivity index (χ3n) is 1.56. The molecule has 17 heavy (non-hydrogen) atoms. The van der Waals surface area contributed by atoms with Gasteiger partial charge in [0.25, 0.3) is 0 Å². The first kappa shape index (κ1) is 13.0. The standard InChI is InChI=1S/C8H8F3N3O3/c9-8(10,11)3-17-5-2-13-7(12)4(14-5)1-6(15)16/h2H,1,3H2,(H2,12,13)(H,15,16). The van der Waals surface area contributed by atoms with Crippen LogP contribution < -0.4 is 10.5 Å². The number of aliphatic carboxylic acids is 1. The van der Waals surface area contributed by atoms with Crippen molar-refractivity contribution in [3.8, 4) is 5.88 Å². The lowest BCUT2D eigenvalue weighted by Gasteiger charge is -2.09. The molecule has 0 radical (unpaired) electrons. The van der Waals surface area contributed by atoms with E-state index < -0.39 is 31.1 Å². The van der Waals surface area contributed by atoms with E-state index >= 15 is 0 Å². The van der Waals surface area contributed by atoms with E-state index in [0.717, 1.165) is 6.20 Å². The van der Waals surface area contributed by atoms with Gasteiger partial charge in [-0.1, -0.05) is 0 Å². The van der Waals surface area contributed by atoms with Gasteiger partial charge in [0.05, 0.1) is 18.3 Å². The molecular weight excluding hydrogens is 243 g/mol. The van der Waals surface area contributed by atoms with Crippen LogP contribution in [0.5, 0.6) is 5.88 Å². The molecule has 1 rings (SSSR count). The Bertz CT molecular complexity index is 422. The van der Waals surface area contributed by atoms with Crippen molar-refractivity contribution in [1.82, 2.24) is 9.97 Å². The normalized spacial score (nSPS) is 11.2. The molecule has 0 aromatic carbocycles. The van der Waals surface area contributed by atoms with Gasteiger partial charge in [0, 0.05) is 0 Å². The third-order valence-corrected chi connectivity index (χ3v) is 1.56. The molecule has 0 fully saturated rings. The van der Waals surface area contributed by atoms with Crippen LogP contribution >= 0.6 is 0 Å². The molecule has 0 saturated heterocycles. The highest BCUT2D eigenvalue weighted by Crippen LogP contribution is 2.18. The van der Waals surface area contributed by atoms with Crippen molar-refractivity contribution in [1.29, 1.82) is 0 Å². The second-order valence-electron chi connectivity index (χ2n) is 3.01. The molecule has 1 heterocycles. The van der Waals surface area contributed by atoms with Crippen LogP contribution in [0.15, 0.2) is 6.20 Å². The van der Waals surface area contributed by atoms with Gasteiger partial charge in [-0.15, -0.1) is 0 Å². The first-order valence-electron chi connectivity index (χ1n) is 4.30. The first-order chi connectivity index (χ1) is 7.78. The van der Waals surface area contributed by atoms with E-state index in [0.29, 0.717) is 0 Å². The second-order valence-corrected chi connectivity index (χ2v) is 3.01. The van der Waals surface area contributed by atoms with Crippen molar-refractivity contribution in [3.05, 3.63) is 11.9 Å². The molecular formula is C8H8F3N3O3. The minimum atomic E-state index is -4.50. The molecule has 94 valence electrons. The van der Waals surface area contributed by atoms with E-state index in [1.807, 2.05) is 0 Å². The molecule has 1 aromatic heterocycles. The molecule has 1 aromatic rings. The van der Waals surface area contributed by atoms with Crippen LogP contribution in [0, 0.1) is 0 Å². The molecule has 0 amide bonds. The molecule has 3 N–H and O–H groups in total. The van der Waals surface area contributed by atoms with E-state index in [1.54, 1.807) is 0 Å². The van der Waals surface area contributed by atoms with E-state index in [2.05, 4.69) is 14.7 Å². The molecule has 6 nitrogen and oxygen atoms in total. The van der Waals surface area contributed by atoms with E-state index in [-0.39, 0.29) is 11.5 Å². The summed E-state index contributed by atoms with van der Waals surface area (Å²) < 4.78 is 39.8. The van der Waals surface area contributed by atoms with Gasteiger partial charge in [-0.2, -0.15) is 13.2 Å². The molecule has 9 heteroatoms. The van der Waals surface area contributed by atoms with Crippen molar-refractivity contribution < 1.29 is 27.8 Å². The van der Waals surface area contributed by atoms with Crippen LogP contribution in [0.2, 0.25) is 0 Å². The number of hydrogen-bond donors (Lipinski definition) is 2. The van der Waals surface area contributed by atoms with Gasteiger partial charge in [0.1, 0.15) is 5.82 Å². The number of hydrogen-bond acceptors (Lipinski definition) is 5. The Morgan fingerprint density at radius 2 is 2.18 bits per heavy atom. The number of halogens is 3. The highest BCUT2D eigenvalue weighted by molar-refractivity contribution is 5.71. The fourth-order valence-corrected chi connectivity index (χ4v) is 0.917. The largest absolute Gasteiger partial charge is 0.481 e. The number of carbonyl (C=O) groups is 1. The van der Waals surface area contributed by atoms with Crippen LogP contribution in [0.1, 0.15) is 5.69 Å². The van der Waals surface area contributed by atoms with Gasteiger partial charge in [-0.05, 0) is 0 Å². The lowest BCUT2D eigenvalue weighted by atomic mass is 10.3. The maximum Gasteiger partial charge on any atom is 0.422 e. The van der Waals surface area contributed by atoms with Crippen molar-refractivity contribution >= 4 is 11.8 Å². The Labute approximate surface area is 93.2 Å². The van der Waals surface area contributed by atoms with Crippen LogP contribution in [-0.2, 0) is 11.2 Å². The van der Waals surface area contributed by atoms with Gasteiger partial charge in [0.15, 0.2) is 6.61 Å². The van der Waals surface area contributed by atoms with Gasteiger partial charge in [-0.25, -0.2) is 9.97 Å². The zero-order valence-electron chi connectivity index (χ0n) is 8.36. The van der Waals surface area contributed by atoms with Gasteiger partial charge >= 0.3 is 12.1 Å². The lowest BCUT2D eigenvalue weighted by Crippen LogP contribution is -2.20. The lowest BCUT2D eigenvalue weighted by molar-refractivity contribution is -0.154. The van der Waals surface area contributed by atoms with Gasteiger partial charge in [-0.3, -0.25) is 4.79 Å². The molecule has 0 saturated carbocycles. The van der Waals surface area contributed by atoms with E-state index in [9.17, 15) is 18.0 Å². The average Bonchev–Trinajstić information content (AvgIpc) is 2.17. The maximum atomic E-state index is 11.8. The highest BCUT2D eigenvalue weighted by Gasteiger charge is 2.28. The summed E-state index contributed by atoms with van der Waals surface area (Å²) in [5.41, 5.74) is 5.16. The van der Waals surface area contributed by atoms with Gasteiger partial charge in [0.2, 0.25) is 5.88 Å². The van der Waals surface area contributed by atoms with Crippen molar-refractivity contribution in [2.45, 2.75) is 12.6 Å². The summed E-state index contributed by atoms with van der Waals surface area (Å²) in [6.45, 7) is -1.53. The SMILES string of the molecule is Nc1ncc(OCC(F)(F)F)nc1CC(=O)O. The quantitative estimate of drug-likeness (QED) is 0.814. The van der Waals surface area contributed by atoms with Crippen LogP contribution in [0.25, 0.3) is 0 Å². The number of nitrogens with zero attached hydrogens (tertiary/aromatic N) is 2. The van der Waals surface area contributed by atoms with Crippen molar-refractivity contribution in [2.75, 3.05) is 12.3 Å². The molecule has 0 spiro atoms. The Morgan fingerprint density at radius 3 is 2.71 bits per heavy atom. The highest BCUT2D eigenvalue weighted by atomic mass is 19.4. The zero-order chi connectivity index (χ0) is 13.1. The topological polar surface area (TPSA) is 98.3 Å². The Balaban J connectivity index is 2.78. The zero-order valence-corrected chi connectivity index (χ0v) is 8.36. The summed E-state index contributed by atoms with van der Waals surface area (Å²) in [7, 11) is 0. The molecule has 0 atom stereocenters. The fourth-order valence-electron chi connectivity index (χ4n) is 0.917.